The summed E-state index contributed by atoms with van der Waals surface area (Å²) in [5.74, 6) is 0.674. The van der Waals surface area contributed by atoms with Crippen LogP contribution in [0.2, 0.25) is 0 Å². The first-order valence-corrected chi connectivity index (χ1v) is 19.0. The molecule has 1 spiro atoms. The first kappa shape index (κ1) is 31.0. The third-order valence-electron chi connectivity index (χ3n) is 11.8. The quantitative estimate of drug-likeness (QED) is 0.183. The van der Waals surface area contributed by atoms with Crippen molar-refractivity contribution in [3.63, 3.8) is 0 Å². The summed E-state index contributed by atoms with van der Waals surface area (Å²) >= 11 is 0. The summed E-state index contributed by atoms with van der Waals surface area (Å²) in [6.07, 6.45) is 3.66. The SMILES string of the molecule is c1ccc(-c2nc(-c3cccnc3)cc(-c3ccc4c(c3)C3(c5ccccc5-c5ccccc5-4)c4ccccc4-c4c3ccc3oc5ccccc5c43)n2)cc1. The largest absolute Gasteiger partial charge is 0.456 e. The van der Waals surface area contributed by atoms with Crippen LogP contribution in [0.15, 0.2) is 193 Å². The molecule has 260 valence electrons. The topological polar surface area (TPSA) is 51.8 Å². The Morgan fingerprint density at radius 3 is 1.84 bits per heavy atom. The number of hydrogen-bond acceptors (Lipinski definition) is 4. The van der Waals surface area contributed by atoms with Gasteiger partial charge in [-0.3, -0.25) is 4.98 Å². The Balaban J connectivity index is 1.22. The molecular weight excluding hydrogens is 683 g/mol. The number of hydrogen-bond donors (Lipinski definition) is 0. The average Bonchev–Trinajstić information content (AvgIpc) is 3.77. The van der Waals surface area contributed by atoms with Crippen LogP contribution in [0.1, 0.15) is 22.3 Å². The van der Waals surface area contributed by atoms with Gasteiger partial charge in [-0.1, -0.05) is 140 Å². The number of furan rings is 1. The lowest BCUT2D eigenvalue weighted by Gasteiger charge is -2.35. The summed E-state index contributed by atoms with van der Waals surface area (Å²) in [5.41, 5.74) is 18.0. The van der Waals surface area contributed by atoms with E-state index in [0.29, 0.717) is 5.82 Å². The van der Waals surface area contributed by atoms with Crippen LogP contribution >= 0.6 is 0 Å². The number of nitrogens with zero attached hydrogens (tertiary/aromatic N) is 3. The number of para-hydroxylation sites is 1. The van der Waals surface area contributed by atoms with Gasteiger partial charge in [-0.05, 0) is 92.0 Å². The Bertz CT molecular complexity index is 3140. The predicted molar refractivity (Wildman–Crippen MR) is 225 cm³/mol. The Morgan fingerprint density at radius 2 is 1.05 bits per heavy atom. The minimum atomic E-state index is -0.666. The Hall–Kier alpha value is -7.43. The molecule has 1 unspecified atom stereocenters. The van der Waals surface area contributed by atoms with Crippen molar-refractivity contribution in [3.05, 3.63) is 211 Å². The smallest absolute Gasteiger partial charge is 0.160 e. The highest BCUT2D eigenvalue weighted by Gasteiger charge is 2.50. The van der Waals surface area contributed by atoms with Gasteiger partial charge in [-0.2, -0.15) is 0 Å². The summed E-state index contributed by atoms with van der Waals surface area (Å²) in [4.78, 5) is 14.8. The fraction of sp³-hybridized carbons (Fsp3) is 0.0192. The third-order valence-corrected chi connectivity index (χ3v) is 11.8. The molecule has 3 aromatic heterocycles. The molecule has 3 heterocycles. The summed E-state index contributed by atoms with van der Waals surface area (Å²) in [5, 5.41) is 2.28. The second-order valence-corrected chi connectivity index (χ2v) is 14.7. The van der Waals surface area contributed by atoms with E-state index in [1.807, 2.05) is 36.5 Å². The number of rotatable bonds is 3. The van der Waals surface area contributed by atoms with E-state index in [1.54, 1.807) is 6.20 Å². The first-order chi connectivity index (χ1) is 27.8. The van der Waals surface area contributed by atoms with Gasteiger partial charge < -0.3 is 4.42 Å². The van der Waals surface area contributed by atoms with E-state index in [2.05, 4.69) is 151 Å². The highest BCUT2D eigenvalue weighted by Crippen LogP contribution is 2.63. The first-order valence-electron chi connectivity index (χ1n) is 19.0. The zero-order chi connectivity index (χ0) is 36.8. The zero-order valence-corrected chi connectivity index (χ0v) is 30.1. The van der Waals surface area contributed by atoms with Crippen LogP contribution in [0, 0.1) is 0 Å². The van der Waals surface area contributed by atoms with Crippen molar-refractivity contribution in [1.29, 1.82) is 0 Å². The van der Waals surface area contributed by atoms with E-state index in [9.17, 15) is 0 Å². The van der Waals surface area contributed by atoms with Gasteiger partial charge in [0.15, 0.2) is 5.82 Å². The molecule has 56 heavy (non-hydrogen) atoms. The molecule has 0 saturated carbocycles. The van der Waals surface area contributed by atoms with Crippen molar-refractivity contribution in [2.24, 2.45) is 0 Å². The van der Waals surface area contributed by atoms with E-state index in [1.165, 1.54) is 55.6 Å². The molecule has 0 aliphatic heterocycles. The molecule has 4 heteroatoms. The van der Waals surface area contributed by atoms with Gasteiger partial charge in [0.1, 0.15) is 11.2 Å². The van der Waals surface area contributed by atoms with Crippen molar-refractivity contribution in [3.8, 4) is 67.3 Å². The normalized spacial score (nSPS) is 14.9. The molecule has 10 aromatic rings. The molecule has 0 saturated heterocycles. The van der Waals surface area contributed by atoms with Crippen LogP contribution in [0.25, 0.3) is 89.2 Å². The molecule has 7 aromatic carbocycles. The van der Waals surface area contributed by atoms with Gasteiger partial charge in [0.2, 0.25) is 0 Å². The Kier molecular flexibility index (Phi) is 6.52. The van der Waals surface area contributed by atoms with Crippen LogP contribution in [0.3, 0.4) is 0 Å². The molecule has 4 nitrogen and oxygen atoms in total. The number of fused-ring (bicyclic) bond motifs is 16. The number of pyridine rings is 1. The summed E-state index contributed by atoms with van der Waals surface area (Å²) in [7, 11) is 0. The van der Waals surface area contributed by atoms with Crippen molar-refractivity contribution >= 4 is 21.9 Å². The minimum Gasteiger partial charge on any atom is -0.456 e. The van der Waals surface area contributed by atoms with Gasteiger partial charge in [0.05, 0.1) is 16.8 Å². The van der Waals surface area contributed by atoms with E-state index in [0.717, 1.165) is 50.0 Å². The molecular formula is C52H31N3O. The van der Waals surface area contributed by atoms with E-state index < -0.39 is 5.41 Å². The van der Waals surface area contributed by atoms with E-state index in [-0.39, 0.29) is 0 Å². The van der Waals surface area contributed by atoms with Crippen LogP contribution in [0.4, 0.5) is 0 Å². The minimum absolute atomic E-state index is 0.666. The monoisotopic (exact) mass is 713 g/mol. The number of benzene rings is 7. The van der Waals surface area contributed by atoms with Gasteiger partial charge in [-0.15, -0.1) is 0 Å². The lowest BCUT2D eigenvalue weighted by molar-refractivity contribution is 0.668. The molecule has 2 aliphatic rings. The van der Waals surface area contributed by atoms with Crippen molar-refractivity contribution in [2.45, 2.75) is 5.41 Å². The lowest BCUT2D eigenvalue weighted by Crippen LogP contribution is -2.29. The highest BCUT2D eigenvalue weighted by molar-refractivity contribution is 6.16. The Morgan fingerprint density at radius 1 is 0.411 bits per heavy atom. The van der Waals surface area contributed by atoms with Crippen LogP contribution < -0.4 is 0 Å². The predicted octanol–water partition coefficient (Wildman–Crippen LogP) is 12.8. The second-order valence-electron chi connectivity index (χ2n) is 14.7. The van der Waals surface area contributed by atoms with E-state index >= 15 is 0 Å². The molecule has 0 fully saturated rings. The Labute approximate surface area is 323 Å². The second kappa shape index (κ2) is 11.8. The molecule has 12 rings (SSSR count). The molecule has 0 radical (unpaired) electrons. The third kappa shape index (κ3) is 4.27. The maximum Gasteiger partial charge on any atom is 0.160 e. The molecule has 2 aliphatic carbocycles. The molecule has 0 bridgehead atoms. The molecule has 0 N–H and O–H groups in total. The van der Waals surface area contributed by atoms with Crippen molar-refractivity contribution in [1.82, 2.24) is 15.0 Å². The van der Waals surface area contributed by atoms with Gasteiger partial charge in [-0.25, -0.2) is 9.97 Å². The van der Waals surface area contributed by atoms with Crippen LogP contribution in [-0.2, 0) is 5.41 Å². The maximum absolute atomic E-state index is 6.54. The fourth-order valence-electron chi connectivity index (χ4n) is 9.53. The standard InChI is InChI=1S/C52H31N3O/c1-2-13-32(14-3-1)51-54-45(30-46(55-51)34-15-12-28-53-31-34)33-24-25-38-36-17-5-4-16-35(36)37-18-6-9-21-41(37)52(44(38)29-33)42-22-10-7-19-39(42)49-43(52)26-27-48-50(49)40-20-8-11-23-47(40)56-48/h1-31H. The zero-order valence-electron chi connectivity index (χ0n) is 30.1. The van der Waals surface area contributed by atoms with Gasteiger partial charge in [0.25, 0.3) is 0 Å². The van der Waals surface area contributed by atoms with Crippen LogP contribution in [-0.4, -0.2) is 15.0 Å². The molecule has 0 amide bonds. The summed E-state index contributed by atoms with van der Waals surface area (Å²) < 4.78 is 6.54. The molecule has 1 atom stereocenters. The highest BCUT2D eigenvalue weighted by atomic mass is 16.3. The number of aromatic nitrogens is 3. The van der Waals surface area contributed by atoms with Gasteiger partial charge in [0, 0.05) is 39.9 Å². The lowest BCUT2D eigenvalue weighted by atomic mass is 9.65. The summed E-state index contributed by atoms with van der Waals surface area (Å²) in [6.45, 7) is 0. The van der Waals surface area contributed by atoms with Crippen molar-refractivity contribution < 1.29 is 4.42 Å². The van der Waals surface area contributed by atoms with Gasteiger partial charge >= 0.3 is 0 Å². The summed E-state index contributed by atoms with van der Waals surface area (Å²) in [6, 6.07) is 63.1. The van der Waals surface area contributed by atoms with Crippen LogP contribution in [0.5, 0.6) is 0 Å². The maximum atomic E-state index is 6.54. The fourth-order valence-corrected chi connectivity index (χ4v) is 9.53. The van der Waals surface area contributed by atoms with Crippen molar-refractivity contribution in [2.75, 3.05) is 0 Å². The van der Waals surface area contributed by atoms with E-state index in [4.69, 9.17) is 14.4 Å². The average molecular weight is 714 g/mol.